The normalized spacial score (nSPS) is 13.6. The Balaban J connectivity index is 1.65. The monoisotopic (exact) mass is 457 g/mol. The van der Waals surface area contributed by atoms with E-state index in [-0.39, 0.29) is 29.7 Å². The van der Waals surface area contributed by atoms with E-state index < -0.39 is 5.97 Å². The summed E-state index contributed by atoms with van der Waals surface area (Å²) in [5.41, 5.74) is -0.551. The number of fused-ring (bicyclic) bond motifs is 2. The Morgan fingerprint density at radius 3 is 2.33 bits per heavy atom. The predicted octanol–water partition coefficient (Wildman–Crippen LogP) is 5.46. The fourth-order valence-corrected chi connectivity index (χ4v) is 5.94. The van der Waals surface area contributed by atoms with E-state index in [0.29, 0.717) is 17.2 Å². The number of hydrogen-bond acceptors (Lipinski definition) is 5. The molecule has 2 unspecified atom stereocenters. The molecule has 0 radical (unpaired) electrons. The lowest BCUT2D eigenvalue weighted by atomic mass is 9.97. The summed E-state index contributed by atoms with van der Waals surface area (Å²) in [4.78, 5) is 38.3. The van der Waals surface area contributed by atoms with Crippen molar-refractivity contribution in [3.63, 3.8) is 0 Å². The summed E-state index contributed by atoms with van der Waals surface area (Å²) < 4.78 is 8.80. The largest absolute Gasteiger partial charge is 0.460 e. The molecule has 0 N–H and O–H groups in total. The van der Waals surface area contributed by atoms with Crippen LogP contribution in [0.4, 0.5) is 0 Å². The lowest BCUT2D eigenvalue weighted by Crippen LogP contribution is -2.35. The van der Waals surface area contributed by atoms with Crippen LogP contribution in [0.3, 0.4) is 0 Å². The summed E-state index contributed by atoms with van der Waals surface area (Å²) >= 11 is 1.67. The summed E-state index contributed by atoms with van der Waals surface area (Å²) in [6.07, 6.45) is 1.32. The topological polar surface area (TPSA) is 65.4 Å². The molecule has 0 fully saturated rings. The summed E-state index contributed by atoms with van der Waals surface area (Å²) in [6, 6.07) is 15.9. The van der Waals surface area contributed by atoms with Crippen molar-refractivity contribution in [1.29, 1.82) is 0 Å². The van der Waals surface area contributed by atoms with Gasteiger partial charge >= 0.3 is 5.97 Å². The maximum absolute atomic E-state index is 13.4. The van der Waals surface area contributed by atoms with Gasteiger partial charge in [-0.1, -0.05) is 37.8 Å². The van der Waals surface area contributed by atoms with Crippen LogP contribution in [0.25, 0.3) is 41.7 Å². The van der Waals surface area contributed by atoms with Crippen LogP contribution in [0.5, 0.6) is 0 Å². The molecule has 0 aliphatic heterocycles. The van der Waals surface area contributed by atoms with Crippen LogP contribution in [0.2, 0.25) is 0 Å². The van der Waals surface area contributed by atoms with E-state index >= 15 is 0 Å². The van der Waals surface area contributed by atoms with Gasteiger partial charge in [0.15, 0.2) is 0 Å². The third kappa shape index (κ3) is 3.51. The minimum absolute atomic E-state index is 0.0394. The Bertz CT molecular complexity index is 1630. The molecule has 33 heavy (non-hydrogen) atoms. The van der Waals surface area contributed by atoms with Gasteiger partial charge in [-0.3, -0.25) is 14.2 Å². The van der Waals surface area contributed by atoms with Gasteiger partial charge in [0.2, 0.25) is 0 Å². The SMILES string of the molecule is C=CC(=O)OC(C)CC(C)Cn1c(=O)c2ccc3sc4ccccc4c4ccc(c1=O)c2c34. The second kappa shape index (κ2) is 8.12. The molecule has 5 nitrogen and oxygen atoms in total. The molecule has 3 aromatic carbocycles. The van der Waals surface area contributed by atoms with Gasteiger partial charge in [0.05, 0.1) is 6.10 Å². The van der Waals surface area contributed by atoms with E-state index in [0.717, 1.165) is 32.3 Å². The molecule has 166 valence electrons. The molecule has 0 aliphatic carbocycles. The maximum Gasteiger partial charge on any atom is 0.330 e. The van der Waals surface area contributed by atoms with E-state index in [2.05, 4.69) is 18.7 Å². The smallest absolute Gasteiger partial charge is 0.330 e. The highest BCUT2D eigenvalue weighted by Crippen LogP contribution is 2.39. The van der Waals surface area contributed by atoms with Crippen LogP contribution in [-0.2, 0) is 16.1 Å². The van der Waals surface area contributed by atoms with E-state index in [1.165, 1.54) is 9.27 Å². The zero-order valence-corrected chi connectivity index (χ0v) is 19.3. The molecule has 2 aromatic heterocycles. The van der Waals surface area contributed by atoms with Gasteiger partial charge in [-0.05, 0) is 54.3 Å². The minimum Gasteiger partial charge on any atom is -0.460 e. The number of carbonyl (C=O) groups is 1. The molecule has 2 heterocycles. The summed E-state index contributed by atoms with van der Waals surface area (Å²) in [7, 11) is 0. The quantitative estimate of drug-likeness (QED) is 0.147. The van der Waals surface area contributed by atoms with Gasteiger partial charge in [0.25, 0.3) is 11.1 Å². The van der Waals surface area contributed by atoms with Crippen LogP contribution in [0.1, 0.15) is 20.3 Å². The Morgan fingerprint density at radius 1 is 0.939 bits per heavy atom. The first kappa shape index (κ1) is 21.3. The Labute approximate surface area is 193 Å². The van der Waals surface area contributed by atoms with Gasteiger partial charge in [0.1, 0.15) is 0 Å². The lowest BCUT2D eigenvalue weighted by molar-refractivity contribution is -0.142. The first-order chi connectivity index (χ1) is 15.9. The highest BCUT2D eigenvalue weighted by atomic mass is 32.1. The molecule has 5 rings (SSSR count). The van der Waals surface area contributed by atoms with Crippen LogP contribution < -0.4 is 11.1 Å². The van der Waals surface area contributed by atoms with E-state index in [4.69, 9.17) is 4.74 Å². The van der Waals surface area contributed by atoms with Gasteiger partial charge < -0.3 is 4.74 Å². The molecule has 0 spiro atoms. The van der Waals surface area contributed by atoms with E-state index in [9.17, 15) is 14.4 Å². The number of ether oxygens (including phenoxy) is 1. The number of carbonyl (C=O) groups excluding carboxylic acids is 1. The number of rotatable bonds is 6. The van der Waals surface area contributed by atoms with Crippen LogP contribution in [0, 0.1) is 5.92 Å². The molecular weight excluding hydrogens is 434 g/mol. The molecular formula is C27H23NO4S. The average molecular weight is 458 g/mol. The number of esters is 1. The van der Waals surface area contributed by atoms with Gasteiger partial charge in [-0.25, -0.2) is 4.79 Å². The van der Waals surface area contributed by atoms with Gasteiger partial charge in [-0.15, -0.1) is 11.3 Å². The van der Waals surface area contributed by atoms with Crippen molar-refractivity contribution in [2.45, 2.75) is 32.9 Å². The Hall–Kier alpha value is -3.51. The third-order valence-corrected chi connectivity index (χ3v) is 7.32. The summed E-state index contributed by atoms with van der Waals surface area (Å²) in [5.74, 6) is -0.518. The van der Waals surface area contributed by atoms with Crippen molar-refractivity contribution in [3.8, 4) is 0 Å². The zero-order chi connectivity index (χ0) is 23.3. The Morgan fingerprint density at radius 2 is 1.61 bits per heavy atom. The molecule has 2 atom stereocenters. The molecule has 0 bridgehead atoms. The van der Waals surface area contributed by atoms with Crippen molar-refractivity contribution in [3.05, 3.63) is 81.9 Å². The number of benzene rings is 3. The van der Waals surface area contributed by atoms with Crippen LogP contribution >= 0.6 is 11.3 Å². The van der Waals surface area contributed by atoms with E-state index in [1.54, 1.807) is 18.3 Å². The molecule has 6 heteroatoms. The molecule has 5 aromatic rings. The first-order valence-electron chi connectivity index (χ1n) is 10.9. The maximum atomic E-state index is 13.4. The average Bonchev–Trinajstić information content (AvgIpc) is 2.81. The highest BCUT2D eigenvalue weighted by Gasteiger charge is 2.20. The van der Waals surface area contributed by atoms with Gasteiger partial charge in [0, 0.05) is 43.6 Å². The highest BCUT2D eigenvalue weighted by molar-refractivity contribution is 7.25. The summed E-state index contributed by atoms with van der Waals surface area (Å²) in [6.45, 7) is 7.41. The Kier molecular flexibility index (Phi) is 5.25. The minimum atomic E-state index is -0.479. The fourth-order valence-electron chi connectivity index (χ4n) is 4.82. The molecule has 0 saturated heterocycles. The molecule has 0 saturated carbocycles. The van der Waals surface area contributed by atoms with Crippen molar-refractivity contribution in [2.24, 2.45) is 5.92 Å². The van der Waals surface area contributed by atoms with Crippen molar-refractivity contribution < 1.29 is 9.53 Å². The molecule has 0 aliphatic rings. The van der Waals surface area contributed by atoms with Gasteiger partial charge in [-0.2, -0.15) is 0 Å². The van der Waals surface area contributed by atoms with E-state index in [1.807, 2.05) is 43.3 Å². The van der Waals surface area contributed by atoms with Crippen molar-refractivity contribution in [2.75, 3.05) is 0 Å². The number of aromatic nitrogens is 1. The third-order valence-electron chi connectivity index (χ3n) is 6.18. The fraction of sp³-hybridized carbons (Fsp3) is 0.222. The zero-order valence-electron chi connectivity index (χ0n) is 18.5. The van der Waals surface area contributed by atoms with Crippen LogP contribution in [-0.4, -0.2) is 16.6 Å². The first-order valence-corrected chi connectivity index (χ1v) is 11.8. The predicted molar refractivity (Wildman–Crippen MR) is 136 cm³/mol. The second-order valence-electron chi connectivity index (χ2n) is 8.63. The van der Waals surface area contributed by atoms with Crippen molar-refractivity contribution in [1.82, 2.24) is 4.57 Å². The number of nitrogens with zero attached hydrogens (tertiary/aromatic N) is 1. The number of pyridine rings is 1. The van der Waals surface area contributed by atoms with Crippen LogP contribution in [0.15, 0.2) is 70.8 Å². The molecule has 0 amide bonds. The van der Waals surface area contributed by atoms with Crippen molar-refractivity contribution >= 4 is 59.0 Å². The second-order valence-corrected chi connectivity index (χ2v) is 9.72. The summed E-state index contributed by atoms with van der Waals surface area (Å²) in [5, 5.41) is 5.03. The lowest BCUT2D eigenvalue weighted by Gasteiger charge is -2.19. The standard InChI is InChI=1S/C27H23NO4S/c1-4-23(29)32-16(3)13-15(2)14-28-26(30)19-10-9-18-17-7-5-6-8-21(17)33-22-12-11-20(27(28)31)24(19)25(18)22/h4-12,15-16H,1,13-14H2,2-3H3. The number of hydrogen-bond donors (Lipinski definition) is 0.